The Morgan fingerprint density at radius 1 is 1.50 bits per heavy atom. The van der Waals surface area contributed by atoms with E-state index >= 15 is 0 Å². The highest BCUT2D eigenvalue weighted by Crippen LogP contribution is 2.13. The van der Waals surface area contributed by atoms with Crippen LogP contribution < -0.4 is 5.32 Å². The summed E-state index contributed by atoms with van der Waals surface area (Å²) in [6.07, 6.45) is 3.63. The molecule has 2 aliphatic rings. The van der Waals surface area contributed by atoms with Crippen molar-refractivity contribution in [1.29, 1.82) is 0 Å². The second-order valence-corrected chi connectivity index (χ2v) is 3.97. The predicted molar refractivity (Wildman–Crippen MR) is 51.0 cm³/mol. The fraction of sp³-hybridized carbons (Fsp3) is 0.900. The van der Waals surface area contributed by atoms with Gasteiger partial charge in [0.2, 0.25) is 0 Å². The molecule has 0 aliphatic carbocycles. The van der Waals surface area contributed by atoms with Gasteiger partial charge >= 0.3 is 5.97 Å². The first-order chi connectivity index (χ1) is 6.84. The molecule has 0 radical (unpaired) electrons. The predicted octanol–water partition coefficient (Wildman–Crippen LogP) is 0.461. The van der Waals surface area contributed by atoms with Crippen LogP contribution >= 0.6 is 0 Å². The van der Waals surface area contributed by atoms with E-state index < -0.39 is 0 Å². The van der Waals surface area contributed by atoms with Crippen LogP contribution in [0.3, 0.4) is 0 Å². The van der Waals surface area contributed by atoms with E-state index in [1.165, 1.54) is 6.42 Å². The standard InChI is InChI=1S/C10H17NO3/c12-10(6-8-2-1-4-11-8)14-9-3-5-13-7-9/h8-9,11H,1-7H2. The lowest BCUT2D eigenvalue weighted by Gasteiger charge is -2.13. The zero-order valence-electron chi connectivity index (χ0n) is 8.33. The average Bonchev–Trinajstić information content (AvgIpc) is 2.76. The Morgan fingerprint density at radius 3 is 3.07 bits per heavy atom. The maximum atomic E-state index is 11.4. The molecule has 14 heavy (non-hydrogen) atoms. The molecule has 2 aliphatic heterocycles. The summed E-state index contributed by atoms with van der Waals surface area (Å²) in [5.41, 5.74) is 0. The average molecular weight is 199 g/mol. The molecule has 0 aromatic heterocycles. The summed E-state index contributed by atoms with van der Waals surface area (Å²) in [5.74, 6) is -0.0834. The molecule has 0 aromatic carbocycles. The fourth-order valence-corrected chi connectivity index (χ4v) is 1.97. The molecule has 4 nitrogen and oxygen atoms in total. The number of hydrogen-bond donors (Lipinski definition) is 1. The third-order valence-corrected chi connectivity index (χ3v) is 2.76. The quantitative estimate of drug-likeness (QED) is 0.671. The van der Waals surface area contributed by atoms with Crippen molar-refractivity contribution in [2.24, 2.45) is 0 Å². The van der Waals surface area contributed by atoms with Gasteiger partial charge in [-0.2, -0.15) is 0 Å². The lowest BCUT2D eigenvalue weighted by atomic mass is 10.1. The topological polar surface area (TPSA) is 47.6 Å². The zero-order valence-corrected chi connectivity index (χ0v) is 8.33. The molecule has 2 fully saturated rings. The van der Waals surface area contributed by atoms with Crippen molar-refractivity contribution in [3.8, 4) is 0 Å². The lowest BCUT2D eigenvalue weighted by molar-refractivity contribution is -0.149. The smallest absolute Gasteiger partial charge is 0.307 e. The van der Waals surface area contributed by atoms with Gasteiger partial charge in [0.25, 0.3) is 0 Å². The largest absolute Gasteiger partial charge is 0.460 e. The fourth-order valence-electron chi connectivity index (χ4n) is 1.97. The van der Waals surface area contributed by atoms with Gasteiger partial charge in [-0.05, 0) is 19.4 Å². The molecular formula is C10H17NO3. The number of rotatable bonds is 3. The van der Waals surface area contributed by atoms with E-state index in [9.17, 15) is 4.79 Å². The van der Waals surface area contributed by atoms with E-state index in [2.05, 4.69) is 5.32 Å². The molecule has 4 heteroatoms. The van der Waals surface area contributed by atoms with Crippen LogP contribution in [0.2, 0.25) is 0 Å². The van der Waals surface area contributed by atoms with Crippen molar-refractivity contribution >= 4 is 5.97 Å². The summed E-state index contributed by atoms with van der Waals surface area (Å²) in [5, 5.41) is 3.28. The molecule has 2 rings (SSSR count). The minimum atomic E-state index is -0.0834. The van der Waals surface area contributed by atoms with Gasteiger partial charge in [-0.15, -0.1) is 0 Å². The van der Waals surface area contributed by atoms with Gasteiger partial charge in [-0.1, -0.05) is 0 Å². The molecule has 0 bridgehead atoms. The van der Waals surface area contributed by atoms with Gasteiger partial charge < -0.3 is 14.8 Å². The molecule has 0 saturated carbocycles. The molecule has 2 atom stereocenters. The summed E-state index contributed by atoms with van der Waals surface area (Å²) in [6, 6.07) is 0.338. The van der Waals surface area contributed by atoms with Crippen LogP contribution in [0.4, 0.5) is 0 Å². The van der Waals surface area contributed by atoms with E-state index in [0.29, 0.717) is 19.1 Å². The number of carbonyl (C=O) groups excluding carboxylic acids is 1. The van der Waals surface area contributed by atoms with Gasteiger partial charge in [-0.3, -0.25) is 4.79 Å². The van der Waals surface area contributed by atoms with Gasteiger partial charge in [0.05, 0.1) is 19.6 Å². The molecule has 0 aromatic rings. The number of nitrogens with one attached hydrogen (secondary N) is 1. The van der Waals surface area contributed by atoms with Crippen molar-refractivity contribution in [2.45, 2.75) is 37.8 Å². The summed E-state index contributed by atoms with van der Waals surface area (Å²) < 4.78 is 10.4. The van der Waals surface area contributed by atoms with Crippen LogP contribution in [0.1, 0.15) is 25.7 Å². The summed E-state index contributed by atoms with van der Waals surface area (Å²) in [4.78, 5) is 11.4. The van der Waals surface area contributed by atoms with Gasteiger partial charge in [-0.25, -0.2) is 0 Å². The minimum Gasteiger partial charge on any atom is -0.460 e. The monoisotopic (exact) mass is 199 g/mol. The summed E-state index contributed by atoms with van der Waals surface area (Å²) >= 11 is 0. The summed E-state index contributed by atoms with van der Waals surface area (Å²) in [7, 11) is 0. The molecule has 0 amide bonds. The van der Waals surface area contributed by atoms with Crippen LogP contribution in [0.15, 0.2) is 0 Å². The normalized spacial score (nSPS) is 32.0. The van der Waals surface area contributed by atoms with Gasteiger partial charge in [0, 0.05) is 12.5 Å². The number of carbonyl (C=O) groups is 1. The zero-order chi connectivity index (χ0) is 9.80. The van der Waals surface area contributed by atoms with Gasteiger partial charge in [0.15, 0.2) is 0 Å². The van der Waals surface area contributed by atoms with E-state index in [4.69, 9.17) is 9.47 Å². The highest BCUT2D eigenvalue weighted by Gasteiger charge is 2.23. The second kappa shape index (κ2) is 4.75. The van der Waals surface area contributed by atoms with E-state index in [-0.39, 0.29) is 12.1 Å². The Bertz CT molecular complexity index is 176. The Hall–Kier alpha value is -0.610. The highest BCUT2D eigenvalue weighted by atomic mass is 16.6. The molecule has 2 saturated heterocycles. The van der Waals surface area contributed by atoms with Crippen molar-refractivity contribution in [3.05, 3.63) is 0 Å². The summed E-state index contributed by atoms with van der Waals surface area (Å²) in [6.45, 7) is 2.33. The second-order valence-electron chi connectivity index (χ2n) is 3.97. The third kappa shape index (κ3) is 2.69. The maximum absolute atomic E-state index is 11.4. The Balaban J connectivity index is 1.66. The van der Waals surface area contributed by atoms with Crippen molar-refractivity contribution in [2.75, 3.05) is 19.8 Å². The molecule has 1 N–H and O–H groups in total. The first-order valence-electron chi connectivity index (χ1n) is 5.35. The van der Waals surface area contributed by atoms with Gasteiger partial charge in [0.1, 0.15) is 6.10 Å². The lowest BCUT2D eigenvalue weighted by Crippen LogP contribution is -2.27. The number of esters is 1. The first-order valence-corrected chi connectivity index (χ1v) is 5.35. The Labute approximate surface area is 84.0 Å². The van der Waals surface area contributed by atoms with Crippen LogP contribution in [-0.4, -0.2) is 37.9 Å². The molecule has 80 valence electrons. The van der Waals surface area contributed by atoms with Crippen molar-refractivity contribution < 1.29 is 14.3 Å². The number of ether oxygens (including phenoxy) is 2. The molecular weight excluding hydrogens is 182 g/mol. The molecule has 0 spiro atoms. The number of hydrogen-bond acceptors (Lipinski definition) is 4. The Morgan fingerprint density at radius 2 is 2.43 bits per heavy atom. The minimum absolute atomic E-state index is 0.00361. The first kappa shape index (κ1) is 9.93. The third-order valence-electron chi connectivity index (χ3n) is 2.76. The molecule has 2 unspecified atom stereocenters. The van der Waals surface area contributed by atoms with E-state index in [0.717, 1.165) is 26.0 Å². The van der Waals surface area contributed by atoms with Crippen LogP contribution in [-0.2, 0) is 14.3 Å². The van der Waals surface area contributed by atoms with E-state index in [1.807, 2.05) is 0 Å². The SMILES string of the molecule is O=C(CC1CCCN1)OC1CCOC1. The van der Waals surface area contributed by atoms with E-state index in [1.54, 1.807) is 0 Å². The Kier molecular flexibility index (Phi) is 3.37. The van der Waals surface area contributed by atoms with Crippen molar-refractivity contribution in [1.82, 2.24) is 5.32 Å². The highest BCUT2D eigenvalue weighted by molar-refractivity contribution is 5.70. The maximum Gasteiger partial charge on any atom is 0.307 e. The van der Waals surface area contributed by atoms with Crippen LogP contribution in [0, 0.1) is 0 Å². The van der Waals surface area contributed by atoms with Crippen LogP contribution in [0.25, 0.3) is 0 Å². The molecule has 2 heterocycles. The van der Waals surface area contributed by atoms with Crippen molar-refractivity contribution in [3.63, 3.8) is 0 Å². The van der Waals surface area contributed by atoms with Crippen LogP contribution in [0.5, 0.6) is 0 Å².